The second-order valence-electron chi connectivity index (χ2n) is 8.82. The molecule has 1 atom stereocenters. The van der Waals surface area contributed by atoms with Gasteiger partial charge >= 0.3 is 0 Å². The van der Waals surface area contributed by atoms with Crippen LogP contribution in [0.3, 0.4) is 0 Å². The Kier molecular flexibility index (Phi) is 4.91. The summed E-state index contributed by atoms with van der Waals surface area (Å²) in [5.41, 5.74) is 5.16. The molecule has 0 spiro atoms. The van der Waals surface area contributed by atoms with Crippen molar-refractivity contribution in [3.63, 3.8) is 0 Å². The number of benzene rings is 1. The minimum atomic E-state index is -0.591. The molecular formula is C24H26F2N4O. The van der Waals surface area contributed by atoms with Crippen molar-refractivity contribution >= 4 is 5.91 Å². The number of aryl methyl sites for hydroxylation is 2. The van der Waals surface area contributed by atoms with Crippen molar-refractivity contribution < 1.29 is 13.6 Å². The number of H-pyrrole nitrogens is 1. The van der Waals surface area contributed by atoms with E-state index in [0.29, 0.717) is 17.2 Å². The van der Waals surface area contributed by atoms with Crippen LogP contribution in [0, 0.1) is 25.5 Å². The van der Waals surface area contributed by atoms with E-state index in [-0.39, 0.29) is 18.5 Å². The first-order valence-corrected chi connectivity index (χ1v) is 10.9. The van der Waals surface area contributed by atoms with Gasteiger partial charge in [-0.1, -0.05) is 6.07 Å². The molecule has 1 amide bonds. The highest BCUT2D eigenvalue weighted by atomic mass is 19.1. The lowest BCUT2D eigenvalue weighted by atomic mass is 9.92. The fourth-order valence-corrected chi connectivity index (χ4v) is 4.84. The van der Waals surface area contributed by atoms with Gasteiger partial charge in [-0.3, -0.25) is 9.89 Å². The van der Waals surface area contributed by atoms with Gasteiger partial charge in [-0.2, -0.15) is 5.10 Å². The molecular weight excluding hydrogens is 398 g/mol. The Morgan fingerprint density at radius 3 is 2.74 bits per heavy atom. The largest absolute Gasteiger partial charge is 0.344 e. The zero-order chi connectivity index (χ0) is 21.7. The Bertz CT molecular complexity index is 1140. The topological polar surface area (TPSA) is 53.9 Å². The highest BCUT2D eigenvalue weighted by molar-refractivity contribution is 5.96. The van der Waals surface area contributed by atoms with Crippen LogP contribution in [0.15, 0.2) is 30.5 Å². The third-order valence-corrected chi connectivity index (χ3v) is 6.71. The molecule has 3 aromatic rings. The molecule has 162 valence electrons. The average Bonchev–Trinajstić information content (AvgIpc) is 3.38. The smallest absolute Gasteiger partial charge is 0.256 e. The molecule has 0 bridgehead atoms. The van der Waals surface area contributed by atoms with Gasteiger partial charge < -0.3 is 9.47 Å². The third kappa shape index (κ3) is 3.66. The molecule has 1 N–H and O–H groups in total. The standard InChI is InChI=1S/C24H26F2N4O/c1-14-9-21(15(2)29(14)13-16-3-4-18(25)11-22(16)26)24(31)30(19-5-6-19)20-7-8-23-17(10-20)12-27-28-23/h3-4,9,11-12,19-20H,5-8,10,13H2,1-2H3,(H,27,28). The van der Waals surface area contributed by atoms with Crippen LogP contribution >= 0.6 is 0 Å². The normalized spacial score (nSPS) is 18.1. The highest BCUT2D eigenvalue weighted by Gasteiger charge is 2.40. The number of nitrogens with one attached hydrogen (secondary N) is 1. The van der Waals surface area contributed by atoms with Gasteiger partial charge in [0.2, 0.25) is 0 Å². The molecule has 31 heavy (non-hydrogen) atoms. The van der Waals surface area contributed by atoms with Crippen LogP contribution in [-0.2, 0) is 19.4 Å². The van der Waals surface area contributed by atoms with Crippen molar-refractivity contribution in [1.29, 1.82) is 0 Å². The first kappa shape index (κ1) is 20.0. The predicted molar refractivity (Wildman–Crippen MR) is 113 cm³/mol. The lowest BCUT2D eigenvalue weighted by Gasteiger charge is -2.34. The second-order valence-corrected chi connectivity index (χ2v) is 8.82. The van der Waals surface area contributed by atoms with Crippen LogP contribution in [0.1, 0.15) is 57.8 Å². The zero-order valence-electron chi connectivity index (χ0n) is 17.8. The van der Waals surface area contributed by atoms with E-state index in [1.807, 2.05) is 30.7 Å². The summed E-state index contributed by atoms with van der Waals surface area (Å²) in [6.45, 7) is 4.09. The number of hydrogen-bond acceptors (Lipinski definition) is 2. The Labute approximate surface area is 180 Å². The van der Waals surface area contributed by atoms with Crippen LogP contribution in [0.25, 0.3) is 0 Å². The number of fused-ring (bicyclic) bond motifs is 1. The van der Waals surface area contributed by atoms with Gasteiger partial charge in [0.25, 0.3) is 5.91 Å². The zero-order valence-corrected chi connectivity index (χ0v) is 17.8. The minimum absolute atomic E-state index is 0.0540. The Balaban J connectivity index is 1.42. The van der Waals surface area contributed by atoms with Crippen molar-refractivity contribution in [2.75, 3.05) is 0 Å². The van der Waals surface area contributed by atoms with Crippen LogP contribution in [0.4, 0.5) is 8.78 Å². The third-order valence-electron chi connectivity index (χ3n) is 6.71. The van der Waals surface area contributed by atoms with Crippen LogP contribution in [0.2, 0.25) is 0 Å². The molecule has 2 heterocycles. The summed E-state index contributed by atoms with van der Waals surface area (Å²) in [7, 11) is 0. The molecule has 5 rings (SSSR count). The van der Waals surface area contributed by atoms with Gasteiger partial charge in [0.05, 0.1) is 18.3 Å². The molecule has 2 aliphatic carbocycles. The summed E-state index contributed by atoms with van der Waals surface area (Å²) in [4.78, 5) is 15.8. The summed E-state index contributed by atoms with van der Waals surface area (Å²) in [5.74, 6) is -1.11. The maximum Gasteiger partial charge on any atom is 0.256 e. The summed E-state index contributed by atoms with van der Waals surface area (Å²) in [6.07, 6.45) is 6.62. The number of carbonyl (C=O) groups is 1. The molecule has 0 aliphatic heterocycles. The molecule has 2 aromatic heterocycles. The number of aromatic amines is 1. The average molecular weight is 424 g/mol. The Morgan fingerprint density at radius 1 is 1.19 bits per heavy atom. The summed E-state index contributed by atoms with van der Waals surface area (Å²) in [5, 5.41) is 7.22. The molecule has 1 aromatic carbocycles. The Morgan fingerprint density at radius 2 is 2.00 bits per heavy atom. The van der Waals surface area contributed by atoms with Crippen molar-refractivity contribution in [3.8, 4) is 0 Å². The second kappa shape index (κ2) is 7.62. The van der Waals surface area contributed by atoms with Crippen molar-refractivity contribution in [3.05, 3.63) is 75.9 Å². The summed E-state index contributed by atoms with van der Waals surface area (Å²) < 4.78 is 29.4. The minimum Gasteiger partial charge on any atom is -0.344 e. The van der Waals surface area contributed by atoms with Crippen LogP contribution in [0.5, 0.6) is 0 Å². The summed E-state index contributed by atoms with van der Waals surface area (Å²) in [6, 6.07) is 6.00. The van der Waals surface area contributed by atoms with Crippen molar-refractivity contribution in [1.82, 2.24) is 19.7 Å². The number of rotatable bonds is 5. The predicted octanol–water partition coefficient (Wildman–Crippen LogP) is 4.32. The summed E-state index contributed by atoms with van der Waals surface area (Å²) >= 11 is 0. The SMILES string of the molecule is Cc1cc(C(=O)N(C2CC2)C2CCc3[nH]ncc3C2)c(C)n1Cc1ccc(F)cc1F. The van der Waals surface area contributed by atoms with Crippen LogP contribution in [-0.4, -0.2) is 37.7 Å². The first-order valence-electron chi connectivity index (χ1n) is 10.9. The fourth-order valence-electron chi connectivity index (χ4n) is 4.84. The molecule has 5 nitrogen and oxygen atoms in total. The van der Waals surface area contributed by atoms with Gasteiger partial charge in [0.15, 0.2) is 0 Å². The van der Waals surface area contributed by atoms with E-state index in [1.54, 1.807) is 0 Å². The monoisotopic (exact) mass is 424 g/mol. The molecule has 1 fully saturated rings. The molecule has 1 saturated carbocycles. The molecule has 2 aliphatic rings. The number of nitrogens with zero attached hydrogens (tertiary/aromatic N) is 3. The van der Waals surface area contributed by atoms with E-state index in [9.17, 15) is 13.6 Å². The van der Waals surface area contributed by atoms with E-state index in [1.165, 1.54) is 23.4 Å². The highest BCUT2D eigenvalue weighted by Crippen LogP contribution is 2.35. The van der Waals surface area contributed by atoms with Gasteiger partial charge in [0, 0.05) is 40.8 Å². The van der Waals surface area contributed by atoms with E-state index >= 15 is 0 Å². The number of hydrogen-bond donors (Lipinski definition) is 1. The van der Waals surface area contributed by atoms with Gasteiger partial charge in [-0.05, 0) is 63.6 Å². The number of aromatic nitrogens is 3. The maximum atomic E-state index is 14.2. The van der Waals surface area contributed by atoms with Gasteiger partial charge in [0.1, 0.15) is 11.6 Å². The van der Waals surface area contributed by atoms with Crippen molar-refractivity contribution in [2.45, 2.75) is 64.6 Å². The van der Waals surface area contributed by atoms with Crippen LogP contribution < -0.4 is 0 Å². The van der Waals surface area contributed by atoms with E-state index < -0.39 is 11.6 Å². The number of amides is 1. The fraction of sp³-hybridized carbons (Fsp3) is 0.417. The Hall–Kier alpha value is -2.96. The lowest BCUT2D eigenvalue weighted by Crippen LogP contribution is -2.45. The number of carbonyl (C=O) groups excluding carboxylic acids is 1. The van der Waals surface area contributed by atoms with E-state index in [4.69, 9.17) is 0 Å². The molecule has 0 radical (unpaired) electrons. The van der Waals surface area contributed by atoms with Gasteiger partial charge in [-0.25, -0.2) is 8.78 Å². The number of halogens is 2. The molecule has 7 heteroatoms. The van der Waals surface area contributed by atoms with E-state index in [0.717, 1.165) is 49.6 Å². The molecule has 0 saturated heterocycles. The lowest BCUT2D eigenvalue weighted by molar-refractivity contribution is 0.0642. The molecule has 1 unspecified atom stereocenters. The van der Waals surface area contributed by atoms with E-state index in [2.05, 4.69) is 15.1 Å². The maximum absolute atomic E-state index is 14.2. The quantitative estimate of drug-likeness (QED) is 0.663. The first-order chi connectivity index (χ1) is 14.9. The van der Waals surface area contributed by atoms with Crippen molar-refractivity contribution in [2.24, 2.45) is 0 Å². The van der Waals surface area contributed by atoms with Gasteiger partial charge in [-0.15, -0.1) is 0 Å².